The van der Waals surface area contributed by atoms with Crippen molar-refractivity contribution in [2.24, 2.45) is 0 Å². The van der Waals surface area contributed by atoms with Gasteiger partial charge in [-0.2, -0.15) is 0 Å². The van der Waals surface area contributed by atoms with Crippen LogP contribution >= 0.6 is 0 Å². The molecule has 0 aliphatic heterocycles. The van der Waals surface area contributed by atoms with Crippen LogP contribution in [0.4, 0.5) is 24.7 Å². The van der Waals surface area contributed by atoms with Gasteiger partial charge in [0.2, 0.25) is 0 Å². The first-order valence-electron chi connectivity index (χ1n) is 6.52. The van der Waals surface area contributed by atoms with Crippen LogP contribution in [0.15, 0.2) is 24.5 Å². The number of benzene rings is 1. The molecular weight excluding hydrogens is 313 g/mol. The van der Waals surface area contributed by atoms with Crippen molar-refractivity contribution < 1.29 is 22.7 Å². The number of rotatable bonds is 6. The summed E-state index contributed by atoms with van der Waals surface area (Å²) >= 11 is 0. The predicted molar refractivity (Wildman–Crippen MR) is 75.8 cm³/mol. The number of nitrogens with one attached hydrogen (secondary N) is 2. The van der Waals surface area contributed by atoms with E-state index in [4.69, 9.17) is 4.74 Å². The minimum atomic E-state index is -1.60. The highest BCUT2D eigenvalue weighted by Crippen LogP contribution is 2.22. The van der Waals surface area contributed by atoms with Crippen LogP contribution in [-0.2, 0) is 4.74 Å². The molecule has 0 unspecified atom stereocenters. The average molecular weight is 326 g/mol. The molecule has 0 aliphatic carbocycles. The van der Waals surface area contributed by atoms with E-state index in [0.29, 0.717) is 13.2 Å². The molecule has 0 bridgehead atoms. The van der Waals surface area contributed by atoms with Gasteiger partial charge in [0.1, 0.15) is 17.8 Å². The summed E-state index contributed by atoms with van der Waals surface area (Å²) in [6, 6.07) is 3.05. The number of aromatic nitrogens is 2. The third-order valence-electron chi connectivity index (χ3n) is 2.79. The molecule has 0 radical (unpaired) electrons. The monoisotopic (exact) mass is 326 g/mol. The molecule has 2 N–H and O–H groups in total. The van der Waals surface area contributed by atoms with Crippen LogP contribution in [0.5, 0.6) is 0 Å². The third kappa shape index (κ3) is 4.16. The van der Waals surface area contributed by atoms with E-state index in [1.807, 2.05) is 0 Å². The summed E-state index contributed by atoms with van der Waals surface area (Å²) in [5.74, 6) is -4.69. The molecule has 0 spiro atoms. The van der Waals surface area contributed by atoms with Gasteiger partial charge in [0.15, 0.2) is 17.5 Å². The highest BCUT2D eigenvalue weighted by Gasteiger charge is 2.14. The molecule has 1 aromatic carbocycles. The maximum absolute atomic E-state index is 13.6. The minimum Gasteiger partial charge on any atom is -0.383 e. The van der Waals surface area contributed by atoms with Crippen molar-refractivity contribution in [3.63, 3.8) is 0 Å². The van der Waals surface area contributed by atoms with Crippen molar-refractivity contribution in [1.82, 2.24) is 15.3 Å². The van der Waals surface area contributed by atoms with E-state index >= 15 is 0 Å². The number of hydrogen-bond donors (Lipinski definition) is 2. The Balaban J connectivity index is 2.14. The zero-order valence-corrected chi connectivity index (χ0v) is 12.1. The Morgan fingerprint density at radius 1 is 1.22 bits per heavy atom. The number of carbonyl (C=O) groups excluding carboxylic acids is 1. The fourth-order valence-corrected chi connectivity index (χ4v) is 1.67. The molecule has 2 aromatic rings. The average Bonchev–Trinajstić information content (AvgIpc) is 2.56. The molecular formula is C14H13F3N4O2. The van der Waals surface area contributed by atoms with Crippen molar-refractivity contribution in [1.29, 1.82) is 0 Å². The molecule has 23 heavy (non-hydrogen) atoms. The summed E-state index contributed by atoms with van der Waals surface area (Å²) in [4.78, 5) is 19.4. The minimum absolute atomic E-state index is 0.0293. The number of anilines is 2. The molecule has 0 saturated heterocycles. The Kier molecular flexibility index (Phi) is 5.47. The maximum atomic E-state index is 13.6. The number of carbonyl (C=O) groups is 1. The van der Waals surface area contributed by atoms with E-state index in [-0.39, 0.29) is 17.2 Å². The Hall–Kier alpha value is -2.68. The topological polar surface area (TPSA) is 76.1 Å². The van der Waals surface area contributed by atoms with Gasteiger partial charge in [-0.05, 0) is 12.1 Å². The van der Waals surface area contributed by atoms with Crippen LogP contribution in [0.3, 0.4) is 0 Å². The van der Waals surface area contributed by atoms with Gasteiger partial charge in [-0.15, -0.1) is 0 Å². The zero-order valence-electron chi connectivity index (χ0n) is 12.1. The van der Waals surface area contributed by atoms with Gasteiger partial charge in [0.05, 0.1) is 12.3 Å². The molecule has 1 aromatic heterocycles. The number of methoxy groups -OCH3 is 1. The summed E-state index contributed by atoms with van der Waals surface area (Å²) in [5.41, 5.74) is -0.282. The second-order valence-corrected chi connectivity index (χ2v) is 4.39. The molecule has 2 rings (SSSR count). The smallest absolute Gasteiger partial charge is 0.270 e. The first kappa shape index (κ1) is 16.7. The SMILES string of the molecule is COCCNC(=O)c1cc(Nc2ccc(F)c(F)c2F)ncn1. The van der Waals surface area contributed by atoms with E-state index < -0.39 is 23.4 Å². The Labute approximate surface area is 129 Å². The summed E-state index contributed by atoms with van der Waals surface area (Å²) in [7, 11) is 1.50. The van der Waals surface area contributed by atoms with Crippen LogP contribution < -0.4 is 10.6 Å². The van der Waals surface area contributed by atoms with Crippen molar-refractivity contribution in [2.75, 3.05) is 25.6 Å². The number of hydrogen-bond acceptors (Lipinski definition) is 5. The lowest BCUT2D eigenvalue weighted by molar-refractivity contribution is 0.0932. The van der Waals surface area contributed by atoms with E-state index in [1.165, 1.54) is 13.2 Å². The fourth-order valence-electron chi connectivity index (χ4n) is 1.67. The largest absolute Gasteiger partial charge is 0.383 e. The standard InChI is InChI=1S/C14H13F3N4O2/c1-23-5-4-18-14(22)10-6-11(20-7-19-10)21-9-3-2-8(15)12(16)13(9)17/h2-3,6-7H,4-5H2,1H3,(H,18,22)(H,19,20,21). The molecule has 0 atom stereocenters. The maximum Gasteiger partial charge on any atom is 0.270 e. The van der Waals surface area contributed by atoms with Gasteiger partial charge < -0.3 is 15.4 Å². The molecule has 1 amide bonds. The third-order valence-corrected chi connectivity index (χ3v) is 2.79. The van der Waals surface area contributed by atoms with Gasteiger partial charge in [-0.3, -0.25) is 4.79 Å². The number of amides is 1. The van der Waals surface area contributed by atoms with Gasteiger partial charge in [-0.25, -0.2) is 23.1 Å². The molecule has 0 aliphatic rings. The normalized spacial score (nSPS) is 10.4. The number of halogens is 3. The van der Waals surface area contributed by atoms with Crippen molar-refractivity contribution in [3.8, 4) is 0 Å². The van der Waals surface area contributed by atoms with E-state index in [2.05, 4.69) is 20.6 Å². The first-order chi connectivity index (χ1) is 11.0. The van der Waals surface area contributed by atoms with Crippen LogP contribution in [0.1, 0.15) is 10.5 Å². The van der Waals surface area contributed by atoms with Crippen LogP contribution in [0, 0.1) is 17.5 Å². The lowest BCUT2D eigenvalue weighted by atomic mass is 10.2. The highest BCUT2D eigenvalue weighted by molar-refractivity contribution is 5.92. The lowest BCUT2D eigenvalue weighted by Gasteiger charge is -2.09. The Morgan fingerprint density at radius 3 is 2.74 bits per heavy atom. The fraction of sp³-hybridized carbons (Fsp3) is 0.214. The van der Waals surface area contributed by atoms with Crippen LogP contribution in [-0.4, -0.2) is 36.1 Å². The summed E-state index contributed by atoms with van der Waals surface area (Å²) in [5, 5.41) is 5.02. The molecule has 9 heteroatoms. The summed E-state index contributed by atoms with van der Waals surface area (Å²) in [6.45, 7) is 0.627. The molecule has 122 valence electrons. The second-order valence-electron chi connectivity index (χ2n) is 4.39. The highest BCUT2D eigenvalue weighted by atomic mass is 19.2. The molecule has 0 fully saturated rings. The van der Waals surface area contributed by atoms with E-state index in [9.17, 15) is 18.0 Å². The molecule has 0 saturated carbocycles. The Bertz CT molecular complexity index is 712. The van der Waals surface area contributed by atoms with Gasteiger partial charge in [0.25, 0.3) is 5.91 Å². The van der Waals surface area contributed by atoms with E-state index in [0.717, 1.165) is 18.5 Å². The first-order valence-corrected chi connectivity index (χ1v) is 6.52. The summed E-state index contributed by atoms with van der Waals surface area (Å²) < 4.78 is 44.5. The zero-order chi connectivity index (χ0) is 16.8. The lowest BCUT2D eigenvalue weighted by Crippen LogP contribution is -2.27. The van der Waals surface area contributed by atoms with Crippen molar-refractivity contribution in [3.05, 3.63) is 47.7 Å². The quantitative estimate of drug-likeness (QED) is 0.627. The van der Waals surface area contributed by atoms with Crippen molar-refractivity contribution >= 4 is 17.4 Å². The number of ether oxygens (including phenoxy) is 1. The number of nitrogens with zero attached hydrogens (tertiary/aromatic N) is 2. The van der Waals surface area contributed by atoms with E-state index in [1.54, 1.807) is 0 Å². The molecule has 6 nitrogen and oxygen atoms in total. The Morgan fingerprint density at radius 2 is 2.00 bits per heavy atom. The summed E-state index contributed by atoms with van der Waals surface area (Å²) in [6.07, 6.45) is 1.09. The second kappa shape index (κ2) is 7.54. The van der Waals surface area contributed by atoms with Gasteiger partial charge >= 0.3 is 0 Å². The van der Waals surface area contributed by atoms with Gasteiger partial charge in [0, 0.05) is 19.7 Å². The van der Waals surface area contributed by atoms with Crippen molar-refractivity contribution in [2.45, 2.75) is 0 Å². The van der Waals surface area contributed by atoms with Crippen LogP contribution in [0.25, 0.3) is 0 Å². The van der Waals surface area contributed by atoms with Gasteiger partial charge in [-0.1, -0.05) is 0 Å². The van der Waals surface area contributed by atoms with Crippen LogP contribution in [0.2, 0.25) is 0 Å². The predicted octanol–water partition coefficient (Wildman–Crippen LogP) is 2.01. The molecule has 1 heterocycles.